The molecule has 0 aliphatic heterocycles. The van der Waals surface area contributed by atoms with Gasteiger partial charge in [-0.3, -0.25) is 0 Å². The minimum atomic E-state index is -3.70. The molecule has 6 nitrogen and oxygen atoms in total. The SMILES string of the molecule is CCn1ccnc1CNc1cccc(S(N)(=O)=O)c1C. The number of nitrogens with one attached hydrogen (secondary N) is 1. The van der Waals surface area contributed by atoms with Crippen molar-refractivity contribution in [3.8, 4) is 0 Å². The van der Waals surface area contributed by atoms with Crippen molar-refractivity contribution in [2.45, 2.75) is 31.8 Å². The zero-order valence-electron chi connectivity index (χ0n) is 11.5. The van der Waals surface area contributed by atoms with Crippen LogP contribution in [0.5, 0.6) is 0 Å². The lowest BCUT2D eigenvalue weighted by Gasteiger charge is -2.12. The highest BCUT2D eigenvalue weighted by Gasteiger charge is 2.13. The fourth-order valence-electron chi connectivity index (χ4n) is 2.08. The fourth-order valence-corrected chi connectivity index (χ4v) is 2.89. The molecule has 0 atom stereocenters. The number of nitrogens with zero attached hydrogens (tertiary/aromatic N) is 2. The van der Waals surface area contributed by atoms with Crippen LogP contribution in [0.25, 0.3) is 0 Å². The molecule has 20 heavy (non-hydrogen) atoms. The molecule has 3 N–H and O–H groups in total. The van der Waals surface area contributed by atoms with E-state index in [0.29, 0.717) is 12.1 Å². The van der Waals surface area contributed by atoms with E-state index in [1.807, 2.05) is 23.8 Å². The van der Waals surface area contributed by atoms with Gasteiger partial charge in [0.25, 0.3) is 0 Å². The van der Waals surface area contributed by atoms with Crippen LogP contribution in [0.4, 0.5) is 5.69 Å². The molecule has 0 amide bonds. The molecule has 0 saturated heterocycles. The number of anilines is 1. The highest BCUT2D eigenvalue weighted by molar-refractivity contribution is 7.89. The number of hydrogen-bond acceptors (Lipinski definition) is 4. The third kappa shape index (κ3) is 3.00. The molecule has 2 rings (SSSR count). The Morgan fingerprint density at radius 3 is 2.80 bits per heavy atom. The standard InChI is InChI=1S/C13H18N4O2S/c1-3-17-8-7-15-13(17)9-16-11-5-4-6-12(10(11)2)20(14,18)19/h4-8,16H,3,9H2,1-2H3,(H2,14,18,19). The first-order chi connectivity index (χ1) is 9.43. The van der Waals surface area contributed by atoms with Gasteiger partial charge < -0.3 is 9.88 Å². The second-order valence-corrected chi connectivity index (χ2v) is 5.99. The zero-order chi connectivity index (χ0) is 14.8. The maximum Gasteiger partial charge on any atom is 0.238 e. The van der Waals surface area contributed by atoms with Crippen molar-refractivity contribution in [1.82, 2.24) is 9.55 Å². The van der Waals surface area contributed by atoms with Gasteiger partial charge in [0.2, 0.25) is 10.0 Å². The molecule has 1 heterocycles. The Morgan fingerprint density at radius 2 is 2.15 bits per heavy atom. The zero-order valence-corrected chi connectivity index (χ0v) is 12.3. The average Bonchev–Trinajstić information content (AvgIpc) is 2.83. The predicted molar refractivity (Wildman–Crippen MR) is 77.8 cm³/mol. The van der Waals surface area contributed by atoms with Gasteiger partial charge in [0.15, 0.2) is 0 Å². The summed E-state index contributed by atoms with van der Waals surface area (Å²) >= 11 is 0. The molecule has 0 aliphatic rings. The summed E-state index contributed by atoms with van der Waals surface area (Å²) in [4.78, 5) is 4.40. The number of sulfonamides is 1. The molecule has 0 spiro atoms. The summed E-state index contributed by atoms with van der Waals surface area (Å²) in [6, 6.07) is 4.99. The molecule has 1 aromatic heterocycles. The third-order valence-electron chi connectivity index (χ3n) is 3.17. The second-order valence-electron chi connectivity index (χ2n) is 4.46. The van der Waals surface area contributed by atoms with E-state index in [1.165, 1.54) is 6.07 Å². The minimum Gasteiger partial charge on any atom is -0.378 e. The Kier molecular flexibility index (Phi) is 4.10. The lowest BCUT2D eigenvalue weighted by atomic mass is 10.2. The van der Waals surface area contributed by atoms with Gasteiger partial charge in [-0.2, -0.15) is 0 Å². The third-order valence-corrected chi connectivity index (χ3v) is 4.23. The highest BCUT2D eigenvalue weighted by Crippen LogP contribution is 2.22. The number of aryl methyl sites for hydroxylation is 1. The van der Waals surface area contributed by atoms with Crippen molar-refractivity contribution in [1.29, 1.82) is 0 Å². The van der Waals surface area contributed by atoms with Crippen molar-refractivity contribution in [3.63, 3.8) is 0 Å². The number of hydrogen-bond donors (Lipinski definition) is 2. The fraction of sp³-hybridized carbons (Fsp3) is 0.308. The molecule has 0 aliphatic carbocycles. The number of primary sulfonamides is 1. The molecular formula is C13H18N4O2S. The van der Waals surface area contributed by atoms with Crippen LogP contribution >= 0.6 is 0 Å². The molecule has 0 fully saturated rings. The number of aromatic nitrogens is 2. The topological polar surface area (TPSA) is 90.0 Å². The lowest BCUT2D eigenvalue weighted by molar-refractivity contribution is 0.597. The van der Waals surface area contributed by atoms with Gasteiger partial charge in [-0.05, 0) is 31.5 Å². The molecule has 7 heteroatoms. The van der Waals surface area contributed by atoms with Crippen LogP contribution in [-0.2, 0) is 23.1 Å². The van der Waals surface area contributed by atoms with Crippen LogP contribution in [0.15, 0.2) is 35.5 Å². The van der Waals surface area contributed by atoms with E-state index in [1.54, 1.807) is 19.2 Å². The molecule has 1 aromatic carbocycles. The maximum atomic E-state index is 11.5. The maximum absolute atomic E-state index is 11.5. The number of nitrogens with two attached hydrogens (primary N) is 1. The van der Waals surface area contributed by atoms with Gasteiger partial charge in [-0.25, -0.2) is 18.5 Å². The van der Waals surface area contributed by atoms with E-state index in [4.69, 9.17) is 5.14 Å². The van der Waals surface area contributed by atoms with Gasteiger partial charge in [-0.15, -0.1) is 0 Å². The van der Waals surface area contributed by atoms with Gasteiger partial charge in [0, 0.05) is 24.6 Å². The molecular weight excluding hydrogens is 276 g/mol. The van der Waals surface area contributed by atoms with E-state index in [2.05, 4.69) is 10.3 Å². The summed E-state index contributed by atoms with van der Waals surface area (Å²) in [5.41, 5.74) is 1.35. The van der Waals surface area contributed by atoms with Crippen LogP contribution in [0.2, 0.25) is 0 Å². The van der Waals surface area contributed by atoms with Crippen molar-refractivity contribution in [2.24, 2.45) is 5.14 Å². The van der Waals surface area contributed by atoms with E-state index < -0.39 is 10.0 Å². The van der Waals surface area contributed by atoms with E-state index in [0.717, 1.165) is 18.1 Å². The largest absolute Gasteiger partial charge is 0.378 e. The number of rotatable bonds is 5. The van der Waals surface area contributed by atoms with Crippen molar-refractivity contribution in [3.05, 3.63) is 42.0 Å². The molecule has 108 valence electrons. The van der Waals surface area contributed by atoms with Gasteiger partial charge in [0.05, 0.1) is 11.4 Å². The average molecular weight is 294 g/mol. The Balaban J connectivity index is 2.23. The summed E-state index contributed by atoms with van der Waals surface area (Å²) in [5, 5.41) is 8.39. The Bertz CT molecular complexity index is 707. The van der Waals surface area contributed by atoms with Crippen LogP contribution in [-0.4, -0.2) is 18.0 Å². The van der Waals surface area contributed by atoms with Crippen molar-refractivity contribution < 1.29 is 8.42 Å². The first-order valence-corrected chi connectivity index (χ1v) is 7.84. The number of benzene rings is 1. The Hall–Kier alpha value is -1.86. The molecule has 0 unspecified atom stereocenters. The van der Waals surface area contributed by atoms with Crippen LogP contribution in [0.1, 0.15) is 18.3 Å². The monoisotopic (exact) mass is 294 g/mol. The first kappa shape index (κ1) is 14.5. The van der Waals surface area contributed by atoms with Crippen molar-refractivity contribution in [2.75, 3.05) is 5.32 Å². The van der Waals surface area contributed by atoms with E-state index in [-0.39, 0.29) is 4.90 Å². The summed E-state index contributed by atoms with van der Waals surface area (Å²) in [6.45, 7) is 5.13. The molecule has 2 aromatic rings. The Labute approximate surface area is 118 Å². The quantitative estimate of drug-likeness (QED) is 0.873. The second kappa shape index (κ2) is 5.64. The normalized spacial score (nSPS) is 11.6. The lowest BCUT2D eigenvalue weighted by Crippen LogP contribution is -2.15. The van der Waals surface area contributed by atoms with Gasteiger partial charge in [-0.1, -0.05) is 6.07 Å². The van der Waals surface area contributed by atoms with Crippen LogP contribution < -0.4 is 10.5 Å². The number of imidazole rings is 1. The summed E-state index contributed by atoms with van der Waals surface area (Å²) in [6.07, 6.45) is 3.65. The summed E-state index contributed by atoms with van der Waals surface area (Å²) in [7, 11) is -3.70. The predicted octanol–water partition coefficient (Wildman–Crippen LogP) is 1.47. The van der Waals surface area contributed by atoms with Gasteiger partial charge >= 0.3 is 0 Å². The van der Waals surface area contributed by atoms with E-state index >= 15 is 0 Å². The highest BCUT2D eigenvalue weighted by atomic mass is 32.2. The van der Waals surface area contributed by atoms with Crippen molar-refractivity contribution >= 4 is 15.7 Å². The van der Waals surface area contributed by atoms with E-state index in [9.17, 15) is 8.42 Å². The van der Waals surface area contributed by atoms with Crippen LogP contribution in [0.3, 0.4) is 0 Å². The Morgan fingerprint density at radius 1 is 1.40 bits per heavy atom. The molecule has 0 bridgehead atoms. The summed E-state index contributed by atoms with van der Waals surface area (Å²) < 4.78 is 25.0. The first-order valence-electron chi connectivity index (χ1n) is 6.29. The van der Waals surface area contributed by atoms with Gasteiger partial charge in [0.1, 0.15) is 5.82 Å². The van der Waals surface area contributed by atoms with Crippen LogP contribution in [0, 0.1) is 6.92 Å². The minimum absolute atomic E-state index is 0.140. The summed E-state index contributed by atoms with van der Waals surface area (Å²) in [5.74, 6) is 0.896. The smallest absolute Gasteiger partial charge is 0.238 e. The molecule has 0 saturated carbocycles. The molecule has 0 radical (unpaired) electrons.